The Kier molecular flexibility index (Phi) is 2.95. The molecule has 1 aromatic heterocycles. The Morgan fingerprint density at radius 2 is 2.18 bits per heavy atom. The standard InChI is InChI=1S/C11H14N4O2/c1-14-5-6-15(7-10(14)16)11(17)8-3-2-4-9(12)13-8/h2-4H,5-7H2,1H3,(H2,12,13). The molecule has 2 N–H and O–H groups in total. The van der Waals surface area contributed by atoms with Gasteiger partial charge < -0.3 is 15.5 Å². The van der Waals surface area contributed by atoms with E-state index in [0.29, 0.717) is 18.9 Å². The van der Waals surface area contributed by atoms with Crippen molar-refractivity contribution in [3.8, 4) is 0 Å². The lowest BCUT2D eigenvalue weighted by atomic mass is 10.2. The number of nitrogens with zero attached hydrogens (tertiary/aromatic N) is 3. The molecule has 90 valence electrons. The Bertz CT molecular complexity index is 461. The molecule has 0 spiro atoms. The third-order valence-corrected chi connectivity index (χ3v) is 2.73. The highest BCUT2D eigenvalue weighted by molar-refractivity contribution is 5.95. The minimum absolute atomic E-state index is 0.0616. The number of rotatable bonds is 1. The summed E-state index contributed by atoms with van der Waals surface area (Å²) < 4.78 is 0. The molecular formula is C11H14N4O2. The number of hydrogen-bond donors (Lipinski definition) is 1. The maximum absolute atomic E-state index is 12.0. The topological polar surface area (TPSA) is 79.5 Å². The average Bonchev–Trinajstić information content (AvgIpc) is 2.32. The molecule has 0 atom stereocenters. The van der Waals surface area contributed by atoms with Crippen LogP contribution in [0, 0.1) is 0 Å². The molecular weight excluding hydrogens is 220 g/mol. The van der Waals surface area contributed by atoms with Crippen molar-refractivity contribution < 1.29 is 9.59 Å². The molecule has 0 unspecified atom stereocenters. The number of piperazine rings is 1. The number of amides is 2. The molecule has 1 aliphatic rings. The molecule has 2 heterocycles. The van der Waals surface area contributed by atoms with Crippen LogP contribution in [0.5, 0.6) is 0 Å². The molecule has 6 heteroatoms. The lowest BCUT2D eigenvalue weighted by Gasteiger charge is -2.31. The van der Waals surface area contributed by atoms with E-state index in [1.165, 1.54) is 4.90 Å². The first kappa shape index (κ1) is 11.4. The van der Waals surface area contributed by atoms with Crippen molar-refractivity contribution in [2.45, 2.75) is 0 Å². The fraction of sp³-hybridized carbons (Fsp3) is 0.364. The van der Waals surface area contributed by atoms with E-state index in [0.717, 1.165) is 0 Å². The van der Waals surface area contributed by atoms with Gasteiger partial charge in [0.1, 0.15) is 18.1 Å². The van der Waals surface area contributed by atoms with Crippen molar-refractivity contribution in [2.24, 2.45) is 0 Å². The van der Waals surface area contributed by atoms with Crippen molar-refractivity contribution >= 4 is 17.6 Å². The highest BCUT2D eigenvalue weighted by atomic mass is 16.2. The van der Waals surface area contributed by atoms with Gasteiger partial charge in [0.2, 0.25) is 5.91 Å². The summed E-state index contributed by atoms with van der Waals surface area (Å²) in [6.07, 6.45) is 0. The van der Waals surface area contributed by atoms with E-state index in [1.807, 2.05) is 0 Å². The van der Waals surface area contributed by atoms with E-state index in [-0.39, 0.29) is 24.1 Å². The van der Waals surface area contributed by atoms with Crippen LogP contribution in [-0.4, -0.2) is 53.3 Å². The summed E-state index contributed by atoms with van der Waals surface area (Å²) in [5, 5.41) is 0. The van der Waals surface area contributed by atoms with Crippen LogP contribution in [0.15, 0.2) is 18.2 Å². The predicted octanol–water partition coefficient (Wildman–Crippen LogP) is -0.422. The molecule has 1 saturated heterocycles. The molecule has 0 bridgehead atoms. The minimum Gasteiger partial charge on any atom is -0.384 e. The maximum atomic E-state index is 12.0. The van der Waals surface area contributed by atoms with Crippen molar-refractivity contribution in [3.63, 3.8) is 0 Å². The molecule has 0 radical (unpaired) electrons. The van der Waals surface area contributed by atoms with Crippen LogP contribution >= 0.6 is 0 Å². The van der Waals surface area contributed by atoms with Crippen LogP contribution in [0.4, 0.5) is 5.82 Å². The van der Waals surface area contributed by atoms with Crippen LogP contribution < -0.4 is 5.73 Å². The second-order valence-corrected chi connectivity index (χ2v) is 3.99. The molecule has 1 fully saturated rings. The number of carbonyl (C=O) groups is 2. The normalized spacial score (nSPS) is 16.2. The Morgan fingerprint density at radius 3 is 2.82 bits per heavy atom. The van der Waals surface area contributed by atoms with Crippen LogP contribution in [0.1, 0.15) is 10.5 Å². The second kappa shape index (κ2) is 4.40. The number of anilines is 1. The molecule has 1 aliphatic heterocycles. The summed E-state index contributed by atoms with van der Waals surface area (Å²) in [5.41, 5.74) is 5.80. The van der Waals surface area contributed by atoms with Crippen LogP contribution in [-0.2, 0) is 4.79 Å². The lowest BCUT2D eigenvalue weighted by Crippen LogP contribution is -2.50. The van der Waals surface area contributed by atoms with Gasteiger partial charge in [0.05, 0.1) is 0 Å². The first-order chi connectivity index (χ1) is 8.08. The van der Waals surface area contributed by atoms with Crippen molar-refractivity contribution in [3.05, 3.63) is 23.9 Å². The largest absolute Gasteiger partial charge is 0.384 e. The van der Waals surface area contributed by atoms with Crippen LogP contribution in [0.25, 0.3) is 0 Å². The van der Waals surface area contributed by atoms with Gasteiger partial charge in [-0.3, -0.25) is 9.59 Å². The van der Waals surface area contributed by atoms with Crippen molar-refractivity contribution in [1.82, 2.24) is 14.8 Å². The number of nitrogens with two attached hydrogens (primary N) is 1. The third kappa shape index (κ3) is 2.35. The highest BCUT2D eigenvalue weighted by Crippen LogP contribution is 2.08. The summed E-state index contributed by atoms with van der Waals surface area (Å²) in [6.45, 7) is 1.18. The molecule has 0 saturated carbocycles. The molecule has 0 aromatic carbocycles. The van der Waals surface area contributed by atoms with E-state index in [9.17, 15) is 9.59 Å². The van der Waals surface area contributed by atoms with E-state index < -0.39 is 0 Å². The zero-order chi connectivity index (χ0) is 12.4. The van der Waals surface area contributed by atoms with Gasteiger partial charge in [-0.15, -0.1) is 0 Å². The minimum atomic E-state index is -0.251. The van der Waals surface area contributed by atoms with E-state index >= 15 is 0 Å². The summed E-state index contributed by atoms with van der Waals surface area (Å²) in [5.74, 6) is -0.0106. The van der Waals surface area contributed by atoms with Gasteiger partial charge in [0.25, 0.3) is 5.91 Å². The first-order valence-corrected chi connectivity index (χ1v) is 5.33. The highest BCUT2D eigenvalue weighted by Gasteiger charge is 2.26. The zero-order valence-corrected chi connectivity index (χ0v) is 9.59. The van der Waals surface area contributed by atoms with Gasteiger partial charge >= 0.3 is 0 Å². The van der Waals surface area contributed by atoms with E-state index in [1.54, 1.807) is 30.1 Å². The van der Waals surface area contributed by atoms with Crippen LogP contribution in [0.2, 0.25) is 0 Å². The first-order valence-electron chi connectivity index (χ1n) is 5.33. The Labute approximate surface area is 99.0 Å². The number of pyridine rings is 1. The number of nitrogen functional groups attached to an aromatic ring is 1. The molecule has 17 heavy (non-hydrogen) atoms. The van der Waals surface area contributed by atoms with E-state index in [2.05, 4.69) is 4.98 Å². The van der Waals surface area contributed by atoms with Gasteiger partial charge in [-0.25, -0.2) is 4.98 Å². The summed E-state index contributed by atoms with van der Waals surface area (Å²) in [6, 6.07) is 4.89. The maximum Gasteiger partial charge on any atom is 0.273 e. The van der Waals surface area contributed by atoms with Gasteiger partial charge in [-0.1, -0.05) is 6.07 Å². The van der Waals surface area contributed by atoms with Gasteiger partial charge in [-0.05, 0) is 12.1 Å². The van der Waals surface area contributed by atoms with Crippen molar-refractivity contribution in [1.29, 1.82) is 0 Å². The average molecular weight is 234 g/mol. The number of likely N-dealkylation sites (N-methyl/N-ethyl adjacent to an activating group) is 1. The smallest absolute Gasteiger partial charge is 0.273 e. The number of carbonyl (C=O) groups excluding carboxylic acids is 2. The fourth-order valence-corrected chi connectivity index (χ4v) is 1.66. The number of hydrogen-bond acceptors (Lipinski definition) is 4. The molecule has 6 nitrogen and oxygen atoms in total. The summed E-state index contributed by atoms with van der Waals surface area (Å²) >= 11 is 0. The monoisotopic (exact) mass is 234 g/mol. The fourth-order valence-electron chi connectivity index (χ4n) is 1.66. The van der Waals surface area contributed by atoms with Crippen molar-refractivity contribution in [2.75, 3.05) is 32.4 Å². The molecule has 0 aliphatic carbocycles. The van der Waals surface area contributed by atoms with Gasteiger partial charge in [-0.2, -0.15) is 0 Å². The molecule has 1 aromatic rings. The quantitative estimate of drug-likeness (QED) is 0.715. The van der Waals surface area contributed by atoms with Gasteiger partial charge in [0.15, 0.2) is 0 Å². The summed E-state index contributed by atoms with van der Waals surface area (Å²) in [4.78, 5) is 30.6. The predicted molar refractivity (Wildman–Crippen MR) is 62.2 cm³/mol. The molecule has 2 rings (SSSR count). The third-order valence-electron chi connectivity index (χ3n) is 2.73. The van der Waals surface area contributed by atoms with E-state index in [4.69, 9.17) is 5.73 Å². The Balaban J connectivity index is 2.13. The Hall–Kier alpha value is -2.11. The molecule has 2 amide bonds. The number of aromatic nitrogens is 1. The summed E-state index contributed by atoms with van der Waals surface area (Å²) in [7, 11) is 1.73. The Morgan fingerprint density at radius 1 is 1.41 bits per heavy atom. The van der Waals surface area contributed by atoms with Gasteiger partial charge in [0, 0.05) is 20.1 Å². The SMILES string of the molecule is CN1CCN(C(=O)c2cccc(N)n2)CC1=O. The lowest BCUT2D eigenvalue weighted by molar-refractivity contribution is -0.133. The van der Waals surface area contributed by atoms with Crippen LogP contribution in [0.3, 0.4) is 0 Å². The second-order valence-electron chi connectivity index (χ2n) is 3.99. The zero-order valence-electron chi connectivity index (χ0n) is 9.59.